The van der Waals surface area contributed by atoms with Crippen LogP contribution >= 0.6 is 24.2 Å². The van der Waals surface area contributed by atoms with Crippen molar-refractivity contribution in [2.75, 3.05) is 11.5 Å². The Morgan fingerprint density at radius 3 is 2.78 bits per heavy atom. The van der Waals surface area contributed by atoms with Gasteiger partial charge in [-0.2, -0.15) is 11.8 Å². The van der Waals surface area contributed by atoms with Crippen molar-refractivity contribution in [2.45, 2.75) is 25.3 Å². The summed E-state index contributed by atoms with van der Waals surface area (Å²) in [5.41, 5.74) is 5.72. The Hall–Kier alpha value is 0.600. The van der Waals surface area contributed by atoms with E-state index in [2.05, 4.69) is 0 Å². The van der Waals surface area contributed by atoms with Gasteiger partial charge in [-0.3, -0.25) is 0 Å². The standard InChI is InChI=1S/C6H13NS.ClH/c7-6-2-1-4-8-5-3-6;/h6H,1-5,7H2;1H. The predicted octanol–water partition coefficient (Wildman–Crippen LogP) is 1.65. The largest absolute Gasteiger partial charge is 0.328 e. The van der Waals surface area contributed by atoms with Gasteiger partial charge in [0.1, 0.15) is 0 Å². The van der Waals surface area contributed by atoms with E-state index in [9.17, 15) is 0 Å². The van der Waals surface area contributed by atoms with E-state index in [1.165, 1.54) is 30.8 Å². The second-order valence-corrected chi connectivity index (χ2v) is 3.53. The lowest BCUT2D eigenvalue weighted by Crippen LogP contribution is -2.18. The molecule has 0 aromatic heterocycles. The summed E-state index contributed by atoms with van der Waals surface area (Å²) in [5, 5.41) is 0. The summed E-state index contributed by atoms with van der Waals surface area (Å²) in [6, 6.07) is 0.505. The molecule has 1 heterocycles. The van der Waals surface area contributed by atoms with Crippen LogP contribution in [-0.2, 0) is 0 Å². The lowest BCUT2D eigenvalue weighted by molar-refractivity contribution is 0.603. The van der Waals surface area contributed by atoms with Crippen molar-refractivity contribution < 1.29 is 0 Å². The van der Waals surface area contributed by atoms with Gasteiger partial charge in [-0.05, 0) is 30.8 Å². The Balaban J connectivity index is 0.000000640. The Kier molecular flexibility index (Phi) is 5.75. The molecule has 0 aromatic rings. The molecule has 1 fully saturated rings. The molecule has 3 heteroatoms. The fraction of sp³-hybridized carbons (Fsp3) is 1.00. The third-order valence-corrected chi connectivity index (χ3v) is 2.60. The summed E-state index contributed by atoms with van der Waals surface area (Å²) in [4.78, 5) is 0. The fourth-order valence-electron chi connectivity index (χ4n) is 0.929. The first-order chi connectivity index (χ1) is 3.89. The topological polar surface area (TPSA) is 26.0 Å². The first-order valence-electron chi connectivity index (χ1n) is 3.23. The molecule has 0 radical (unpaired) electrons. The normalized spacial score (nSPS) is 28.3. The minimum absolute atomic E-state index is 0. The number of nitrogens with two attached hydrogens (primary N) is 1. The number of hydrogen-bond acceptors (Lipinski definition) is 2. The SMILES string of the molecule is Cl.NC1CCCSCC1. The lowest BCUT2D eigenvalue weighted by Gasteiger charge is -2.02. The van der Waals surface area contributed by atoms with E-state index in [-0.39, 0.29) is 12.4 Å². The van der Waals surface area contributed by atoms with Crippen molar-refractivity contribution in [3.05, 3.63) is 0 Å². The minimum Gasteiger partial charge on any atom is -0.328 e. The maximum atomic E-state index is 5.72. The highest BCUT2D eigenvalue weighted by Gasteiger charge is 2.05. The molecule has 1 aliphatic heterocycles. The van der Waals surface area contributed by atoms with E-state index in [1.54, 1.807) is 0 Å². The van der Waals surface area contributed by atoms with Crippen molar-refractivity contribution in [3.8, 4) is 0 Å². The van der Waals surface area contributed by atoms with Gasteiger partial charge in [0.25, 0.3) is 0 Å². The van der Waals surface area contributed by atoms with Gasteiger partial charge < -0.3 is 5.73 Å². The molecule has 1 rings (SSSR count). The molecule has 0 spiro atoms. The van der Waals surface area contributed by atoms with Crippen LogP contribution in [0.25, 0.3) is 0 Å². The maximum absolute atomic E-state index is 5.72. The van der Waals surface area contributed by atoms with Gasteiger partial charge in [0, 0.05) is 6.04 Å². The second kappa shape index (κ2) is 5.39. The molecule has 1 atom stereocenters. The van der Waals surface area contributed by atoms with Gasteiger partial charge in [0.05, 0.1) is 0 Å². The zero-order valence-electron chi connectivity index (χ0n) is 5.51. The summed E-state index contributed by atoms with van der Waals surface area (Å²) in [7, 11) is 0. The molecule has 0 aliphatic carbocycles. The first-order valence-corrected chi connectivity index (χ1v) is 4.38. The maximum Gasteiger partial charge on any atom is 0.00469 e. The average Bonchev–Trinajstić information content (AvgIpc) is 1.94. The molecule has 0 amide bonds. The summed E-state index contributed by atoms with van der Waals surface area (Å²) in [5.74, 6) is 2.61. The van der Waals surface area contributed by atoms with E-state index in [0.717, 1.165) is 0 Å². The highest BCUT2D eigenvalue weighted by molar-refractivity contribution is 7.99. The van der Waals surface area contributed by atoms with Crippen LogP contribution in [0.1, 0.15) is 19.3 Å². The second-order valence-electron chi connectivity index (χ2n) is 2.30. The third kappa shape index (κ3) is 4.06. The van der Waals surface area contributed by atoms with Crippen LogP contribution in [0.3, 0.4) is 0 Å². The van der Waals surface area contributed by atoms with Crippen molar-refractivity contribution >= 4 is 24.2 Å². The predicted molar refractivity (Wildman–Crippen MR) is 46.4 cm³/mol. The Bertz CT molecular complexity index is 62.1. The Morgan fingerprint density at radius 2 is 2.00 bits per heavy atom. The van der Waals surface area contributed by atoms with E-state index in [1.807, 2.05) is 11.8 Å². The molecule has 1 saturated heterocycles. The van der Waals surface area contributed by atoms with E-state index >= 15 is 0 Å². The summed E-state index contributed by atoms with van der Waals surface area (Å²) in [6.07, 6.45) is 3.80. The number of rotatable bonds is 0. The van der Waals surface area contributed by atoms with Crippen molar-refractivity contribution in [3.63, 3.8) is 0 Å². The van der Waals surface area contributed by atoms with Gasteiger partial charge in [-0.15, -0.1) is 12.4 Å². The van der Waals surface area contributed by atoms with Crippen molar-refractivity contribution in [2.24, 2.45) is 5.73 Å². The number of halogens is 1. The van der Waals surface area contributed by atoms with E-state index < -0.39 is 0 Å². The average molecular weight is 168 g/mol. The number of hydrogen-bond donors (Lipinski definition) is 1. The minimum atomic E-state index is 0. The van der Waals surface area contributed by atoms with E-state index in [0.29, 0.717) is 6.04 Å². The van der Waals surface area contributed by atoms with Crippen LogP contribution < -0.4 is 5.73 Å². The van der Waals surface area contributed by atoms with Crippen LogP contribution in [0.15, 0.2) is 0 Å². The van der Waals surface area contributed by atoms with E-state index in [4.69, 9.17) is 5.73 Å². The van der Waals surface area contributed by atoms with Crippen LogP contribution in [0, 0.1) is 0 Å². The monoisotopic (exact) mass is 167 g/mol. The molecule has 0 saturated carbocycles. The molecule has 9 heavy (non-hydrogen) atoms. The molecule has 2 N–H and O–H groups in total. The molecular formula is C6H14ClNS. The zero-order chi connectivity index (χ0) is 5.82. The van der Waals surface area contributed by atoms with Crippen LogP contribution in [0.2, 0.25) is 0 Å². The van der Waals surface area contributed by atoms with Gasteiger partial charge in [0.2, 0.25) is 0 Å². The molecule has 0 bridgehead atoms. The van der Waals surface area contributed by atoms with Crippen molar-refractivity contribution in [1.82, 2.24) is 0 Å². The number of thioether (sulfide) groups is 1. The van der Waals surface area contributed by atoms with Crippen LogP contribution in [0.4, 0.5) is 0 Å². The highest BCUT2D eigenvalue weighted by atomic mass is 35.5. The highest BCUT2D eigenvalue weighted by Crippen LogP contribution is 2.14. The molecule has 1 nitrogen and oxygen atoms in total. The summed E-state index contributed by atoms with van der Waals surface area (Å²) >= 11 is 2.04. The third-order valence-electron chi connectivity index (χ3n) is 1.50. The van der Waals surface area contributed by atoms with Gasteiger partial charge >= 0.3 is 0 Å². The Labute approximate surface area is 67.2 Å². The van der Waals surface area contributed by atoms with Gasteiger partial charge in [-0.25, -0.2) is 0 Å². The molecule has 56 valence electrons. The van der Waals surface area contributed by atoms with Crippen molar-refractivity contribution in [1.29, 1.82) is 0 Å². The van der Waals surface area contributed by atoms with Gasteiger partial charge in [0.15, 0.2) is 0 Å². The summed E-state index contributed by atoms with van der Waals surface area (Å²) in [6.45, 7) is 0. The summed E-state index contributed by atoms with van der Waals surface area (Å²) < 4.78 is 0. The lowest BCUT2D eigenvalue weighted by atomic mass is 10.1. The van der Waals surface area contributed by atoms with Crippen LogP contribution in [-0.4, -0.2) is 17.5 Å². The molecule has 0 aromatic carbocycles. The molecule has 1 unspecified atom stereocenters. The van der Waals surface area contributed by atoms with Gasteiger partial charge in [-0.1, -0.05) is 0 Å². The zero-order valence-corrected chi connectivity index (χ0v) is 7.14. The van der Waals surface area contributed by atoms with Crippen LogP contribution in [0.5, 0.6) is 0 Å². The molecular weight excluding hydrogens is 154 g/mol. The quantitative estimate of drug-likeness (QED) is 0.594. The smallest absolute Gasteiger partial charge is 0.00469 e. The molecule has 1 aliphatic rings. The fourth-order valence-corrected chi connectivity index (χ4v) is 1.97. The first kappa shape index (κ1) is 9.60. The Morgan fingerprint density at radius 1 is 1.22 bits per heavy atom.